The van der Waals surface area contributed by atoms with Crippen LogP contribution in [0.1, 0.15) is 46.8 Å². The number of hydrogen-bond acceptors (Lipinski definition) is 7. The molecule has 4 N–H and O–H groups in total. The molecule has 0 bridgehead atoms. The summed E-state index contributed by atoms with van der Waals surface area (Å²) in [5.41, 5.74) is 1.55. The highest BCUT2D eigenvalue weighted by Crippen LogP contribution is 2.44. The van der Waals surface area contributed by atoms with Gasteiger partial charge in [0.15, 0.2) is 11.5 Å². The van der Waals surface area contributed by atoms with Crippen molar-refractivity contribution in [3.8, 4) is 22.6 Å². The van der Waals surface area contributed by atoms with E-state index < -0.39 is 29.7 Å². The SMILES string of the molecule is O=C(CNC(=O)c1cccc(C(F)(F)F)c1)N[C@H]1CNCC1C1CCC(O)C(c2ncccc2-c2ccc3c(c2)OCO3)C1. The molecule has 4 unspecified atom stereocenters. The summed E-state index contributed by atoms with van der Waals surface area (Å²) in [5.74, 6) is 0.242. The highest BCUT2D eigenvalue weighted by Gasteiger charge is 2.41. The second-order valence-electron chi connectivity index (χ2n) is 11.5. The molecule has 44 heavy (non-hydrogen) atoms. The zero-order valence-electron chi connectivity index (χ0n) is 23.8. The largest absolute Gasteiger partial charge is 0.454 e. The van der Waals surface area contributed by atoms with E-state index in [1.54, 1.807) is 6.20 Å². The predicted molar refractivity (Wildman–Crippen MR) is 154 cm³/mol. The molecule has 3 heterocycles. The molecule has 2 fully saturated rings. The maximum Gasteiger partial charge on any atom is 0.416 e. The fraction of sp³-hybridized carbons (Fsp3) is 0.406. The van der Waals surface area contributed by atoms with Crippen LogP contribution in [0.4, 0.5) is 13.2 Å². The normalized spacial score (nSPS) is 24.6. The van der Waals surface area contributed by atoms with Crippen LogP contribution in [0.15, 0.2) is 60.8 Å². The number of pyridine rings is 1. The van der Waals surface area contributed by atoms with E-state index in [0.717, 1.165) is 41.4 Å². The zero-order valence-corrected chi connectivity index (χ0v) is 23.8. The maximum atomic E-state index is 13.0. The summed E-state index contributed by atoms with van der Waals surface area (Å²) >= 11 is 0. The molecular formula is C32H33F3N4O5. The van der Waals surface area contributed by atoms with Gasteiger partial charge in [0.05, 0.1) is 23.9 Å². The van der Waals surface area contributed by atoms with Gasteiger partial charge in [-0.1, -0.05) is 18.2 Å². The average molecular weight is 611 g/mol. The molecule has 1 aliphatic carbocycles. The number of rotatable bonds is 7. The van der Waals surface area contributed by atoms with Gasteiger partial charge in [-0.25, -0.2) is 0 Å². The predicted octanol–water partition coefficient (Wildman–Crippen LogP) is 3.87. The summed E-state index contributed by atoms with van der Waals surface area (Å²) in [6, 6.07) is 13.5. The molecule has 2 amide bonds. The maximum absolute atomic E-state index is 13.0. The Kier molecular flexibility index (Phi) is 8.46. The lowest BCUT2D eigenvalue weighted by molar-refractivity contribution is -0.137. The minimum absolute atomic E-state index is 0.0887. The van der Waals surface area contributed by atoms with E-state index >= 15 is 0 Å². The van der Waals surface area contributed by atoms with Crippen LogP contribution in [0.2, 0.25) is 0 Å². The lowest BCUT2D eigenvalue weighted by Crippen LogP contribution is -2.47. The molecule has 12 heteroatoms. The molecule has 1 aromatic heterocycles. The van der Waals surface area contributed by atoms with Crippen molar-refractivity contribution in [2.24, 2.45) is 11.8 Å². The third kappa shape index (κ3) is 6.36. The molecule has 9 nitrogen and oxygen atoms in total. The van der Waals surface area contributed by atoms with E-state index in [2.05, 4.69) is 16.0 Å². The number of nitrogens with zero attached hydrogens (tertiary/aromatic N) is 1. The van der Waals surface area contributed by atoms with Gasteiger partial charge in [-0.3, -0.25) is 14.6 Å². The molecular weight excluding hydrogens is 577 g/mol. The topological polar surface area (TPSA) is 122 Å². The lowest BCUT2D eigenvalue weighted by Gasteiger charge is -2.38. The third-order valence-electron chi connectivity index (χ3n) is 8.80. The summed E-state index contributed by atoms with van der Waals surface area (Å²) in [6.07, 6.45) is -1.35. The Morgan fingerprint density at radius 1 is 1.02 bits per heavy atom. The van der Waals surface area contributed by atoms with E-state index in [1.807, 2.05) is 30.3 Å². The van der Waals surface area contributed by atoms with Gasteiger partial charge in [0.2, 0.25) is 12.7 Å². The second-order valence-corrected chi connectivity index (χ2v) is 11.5. The van der Waals surface area contributed by atoms with E-state index in [-0.39, 0.29) is 42.7 Å². The summed E-state index contributed by atoms with van der Waals surface area (Å²) < 4.78 is 50.1. The van der Waals surface area contributed by atoms with Gasteiger partial charge in [-0.2, -0.15) is 13.2 Å². The number of carbonyl (C=O) groups is 2. The molecule has 5 atom stereocenters. The Balaban J connectivity index is 1.10. The van der Waals surface area contributed by atoms with Crippen molar-refractivity contribution in [3.63, 3.8) is 0 Å². The molecule has 2 aliphatic heterocycles. The molecule has 3 aliphatic rings. The van der Waals surface area contributed by atoms with Gasteiger partial charge in [-0.15, -0.1) is 0 Å². The first-order valence-electron chi connectivity index (χ1n) is 14.7. The smallest absolute Gasteiger partial charge is 0.416 e. The van der Waals surface area contributed by atoms with Crippen molar-refractivity contribution < 1.29 is 37.3 Å². The monoisotopic (exact) mass is 610 g/mol. The average Bonchev–Trinajstić information content (AvgIpc) is 3.69. The van der Waals surface area contributed by atoms with E-state index in [9.17, 15) is 27.9 Å². The lowest BCUT2D eigenvalue weighted by atomic mass is 9.70. The number of alkyl halides is 3. The van der Waals surface area contributed by atoms with Crippen LogP contribution in [0.25, 0.3) is 11.1 Å². The second kappa shape index (κ2) is 12.4. The fourth-order valence-electron chi connectivity index (χ4n) is 6.60. The minimum atomic E-state index is -4.57. The zero-order chi connectivity index (χ0) is 30.8. The molecule has 232 valence electrons. The van der Waals surface area contributed by atoms with Crippen LogP contribution < -0.4 is 25.4 Å². The first-order chi connectivity index (χ1) is 21.2. The number of aliphatic hydroxyl groups excluding tert-OH is 1. The fourth-order valence-corrected chi connectivity index (χ4v) is 6.60. The van der Waals surface area contributed by atoms with Crippen LogP contribution in [0.3, 0.4) is 0 Å². The van der Waals surface area contributed by atoms with E-state index in [0.29, 0.717) is 37.4 Å². The standard InChI is InChI=1S/C32H33F3N4O5/c33-32(34,35)21-4-1-3-20(11-21)31(42)38-16-29(41)39-25-15-36-14-24(25)18-6-8-26(40)23(12-18)30-22(5-2-10-37-30)19-7-9-27-28(13-19)44-17-43-27/h1-5,7,9-11,13,18,23-26,36,40H,6,8,12,14-17H2,(H,38,42)(H,39,41)/t18?,23?,24?,25-,26?/m0/s1. The number of amides is 2. The van der Waals surface area contributed by atoms with Crippen molar-refractivity contribution in [2.75, 3.05) is 26.4 Å². The summed E-state index contributed by atoms with van der Waals surface area (Å²) in [5, 5.41) is 19.9. The van der Waals surface area contributed by atoms with Crippen LogP contribution in [0.5, 0.6) is 11.5 Å². The first-order valence-corrected chi connectivity index (χ1v) is 14.7. The van der Waals surface area contributed by atoms with Crippen molar-refractivity contribution in [1.29, 1.82) is 0 Å². The van der Waals surface area contributed by atoms with Crippen molar-refractivity contribution in [2.45, 2.75) is 43.5 Å². The first kappa shape index (κ1) is 29.9. The van der Waals surface area contributed by atoms with Gasteiger partial charge in [0, 0.05) is 42.4 Å². The van der Waals surface area contributed by atoms with Crippen molar-refractivity contribution in [1.82, 2.24) is 20.9 Å². The van der Waals surface area contributed by atoms with Gasteiger partial charge >= 0.3 is 6.18 Å². The number of aliphatic hydroxyl groups is 1. The molecule has 1 saturated heterocycles. The van der Waals surface area contributed by atoms with E-state index in [1.165, 1.54) is 6.07 Å². The van der Waals surface area contributed by atoms with Gasteiger partial charge in [0.25, 0.3) is 5.91 Å². The Labute approximate surface area is 252 Å². The molecule has 3 aromatic rings. The summed E-state index contributed by atoms with van der Waals surface area (Å²) in [7, 11) is 0. The Bertz CT molecular complexity index is 1530. The highest BCUT2D eigenvalue weighted by atomic mass is 19.4. The number of ether oxygens (including phenoxy) is 2. The van der Waals surface area contributed by atoms with Crippen LogP contribution in [-0.2, 0) is 11.0 Å². The molecule has 0 radical (unpaired) electrons. The molecule has 2 aromatic carbocycles. The van der Waals surface area contributed by atoms with Crippen LogP contribution >= 0.6 is 0 Å². The van der Waals surface area contributed by atoms with Crippen LogP contribution in [0, 0.1) is 11.8 Å². The summed E-state index contributed by atoms with van der Waals surface area (Å²) in [6.45, 7) is 1.05. The number of aromatic nitrogens is 1. The highest BCUT2D eigenvalue weighted by molar-refractivity contribution is 5.96. The molecule has 0 spiro atoms. The number of fused-ring (bicyclic) bond motifs is 1. The number of benzene rings is 2. The Morgan fingerprint density at radius 2 is 1.86 bits per heavy atom. The van der Waals surface area contributed by atoms with Gasteiger partial charge < -0.3 is 30.5 Å². The Morgan fingerprint density at radius 3 is 2.70 bits per heavy atom. The van der Waals surface area contributed by atoms with Crippen LogP contribution in [-0.4, -0.2) is 60.5 Å². The number of hydrogen-bond donors (Lipinski definition) is 4. The molecule has 6 rings (SSSR count). The van der Waals surface area contributed by atoms with E-state index in [4.69, 9.17) is 14.5 Å². The minimum Gasteiger partial charge on any atom is -0.454 e. The summed E-state index contributed by atoms with van der Waals surface area (Å²) in [4.78, 5) is 30.0. The van der Waals surface area contributed by atoms with Crippen molar-refractivity contribution in [3.05, 3.63) is 77.6 Å². The van der Waals surface area contributed by atoms with Crippen molar-refractivity contribution >= 4 is 11.8 Å². The Hall–Kier alpha value is -4.16. The quantitative estimate of drug-likeness (QED) is 0.321. The number of carbonyl (C=O) groups excluding carboxylic acids is 2. The number of halogens is 3. The third-order valence-corrected chi connectivity index (χ3v) is 8.80. The number of nitrogens with one attached hydrogen (secondary N) is 3. The van der Waals surface area contributed by atoms with Gasteiger partial charge in [-0.05, 0) is 73.1 Å². The molecule has 1 saturated carbocycles. The van der Waals surface area contributed by atoms with Gasteiger partial charge in [0.1, 0.15) is 0 Å².